The number of anilines is 1. The van der Waals surface area contributed by atoms with E-state index in [1.165, 1.54) is 7.11 Å². The molecule has 22 heavy (non-hydrogen) atoms. The van der Waals surface area contributed by atoms with Crippen LogP contribution < -0.4 is 14.8 Å². The van der Waals surface area contributed by atoms with Crippen LogP contribution in [0.3, 0.4) is 0 Å². The van der Waals surface area contributed by atoms with Gasteiger partial charge >= 0.3 is 0 Å². The molecule has 1 amide bonds. The van der Waals surface area contributed by atoms with Crippen molar-refractivity contribution in [1.29, 1.82) is 0 Å². The van der Waals surface area contributed by atoms with Gasteiger partial charge in [-0.15, -0.1) is 0 Å². The molecule has 0 bridgehead atoms. The number of hydrogen-bond acceptors (Lipinski definition) is 4. The van der Waals surface area contributed by atoms with Crippen LogP contribution >= 0.6 is 0 Å². The number of amides is 1. The highest BCUT2D eigenvalue weighted by molar-refractivity contribution is 6.05. The summed E-state index contributed by atoms with van der Waals surface area (Å²) in [6.07, 6.45) is -0.627. The van der Waals surface area contributed by atoms with Crippen LogP contribution in [0.4, 0.5) is 5.69 Å². The zero-order valence-electron chi connectivity index (χ0n) is 12.8. The third-order valence-corrected chi connectivity index (χ3v) is 3.29. The van der Waals surface area contributed by atoms with Gasteiger partial charge in [0.05, 0.1) is 26.0 Å². The van der Waals surface area contributed by atoms with Crippen molar-refractivity contribution in [3.63, 3.8) is 0 Å². The third-order valence-electron chi connectivity index (χ3n) is 3.29. The van der Waals surface area contributed by atoms with E-state index in [1.807, 2.05) is 0 Å². The fourth-order valence-corrected chi connectivity index (χ4v) is 2.04. The highest BCUT2D eigenvalue weighted by Gasteiger charge is 2.12. The first-order valence-electron chi connectivity index (χ1n) is 6.86. The fraction of sp³-hybridized carbons (Fsp3) is 0.235. The zero-order valence-corrected chi connectivity index (χ0v) is 12.8. The largest absolute Gasteiger partial charge is 0.497 e. The molecular formula is C17H19NO4. The van der Waals surface area contributed by atoms with Crippen LogP contribution in [0.5, 0.6) is 11.5 Å². The summed E-state index contributed by atoms with van der Waals surface area (Å²) in [7, 11) is 3.07. The van der Waals surface area contributed by atoms with Crippen molar-refractivity contribution in [1.82, 2.24) is 0 Å². The minimum absolute atomic E-state index is 0.278. The molecule has 0 aromatic heterocycles. The second-order valence-corrected chi connectivity index (χ2v) is 4.82. The number of carbonyl (C=O) groups excluding carboxylic acids is 1. The van der Waals surface area contributed by atoms with E-state index in [-0.39, 0.29) is 5.91 Å². The van der Waals surface area contributed by atoms with Crippen LogP contribution in [-0.4, -0.2) is 25.2 Å². The summed E-state index contributed by atoms with van der Waals surface area (Å²) >= 11 is 0. The Bertz CT molecular complexity index is 667. The molecule has 0 saturated carbocycles. The number of benzene rings is 2. The smallest absolute Gasteiger partial charge is 0.255 e. The van der Waals surface area contributed by atoms with Gasteiger partial charge in [0.1, 0.15) is 11.5 Å². The van der Waals surface area contributed by atoms with Gasteiger partial charge < -0.3 is 19.9 Å². The van der Waals surface area contributed by atoms with E-state index in [0.29, 0.717) is 28.3 Å². The maximum Gasteiger partial charge on any atom is 0.255 e. The first-order chi connectivity index (χ1) is 10.5. The van der Waals surface area contributed by atoms with Crippen LogP contribution in [0.25, 0.3) is 0 Å². The van der Waals surface area contributed by atoms with Gasteiger partial charge in [-0.2, -0.15) is 0 Å². The molecule has 116 valence electrons. The van der Waals surface area contributed by atoms with Crippen LogP contribution in [0, 0.1) is 0 Å². The van der Waals surface area contributed by atoms with Crippen LogP contribution in [0.2, 0.25) is 0 Å². The van der Waals surface area contributed by atoms with Crippen molar-refractivity contribution in [3.05, 3.63) is 53.6 Å². The molecule has 1 atom stereocenters. The standard InChI is InChI=1S/C17H19NO4/c1-11(19)12-7-8-16(22-3)15(10-12)18-17(20)13-5-4-6-14(9-13)21-2/h4-11,19H,1-3H3,(H,18,20)/t11-/m1/s1. The summed E-state index contributed by atoms with van der Waals surface area (Å²) < 4.78 is 10.4. The van der Waals surface area contributed by atoms with Crippen LogP contribution in [-0.2, 0) is 0 Å². The maximum atomic E-state index is 12.3. The summed E-state index contributed by atoms with van der Waals surface area (Å²) in [6.45, 7) is 1.66. The molecule has 0 aliphatic heterocycles. The molecule has 0 spiro atoms. The Balaban J connectivity index is 2.28. The van der Waals surface area contributed by atoms with Gasteiger partial charge in [-0.3, -0.25) is 4.79 Å². The SMILES string of the molecule is COc1cccc(C(=O)Nc2cc([C@@H](C)O)ccc2OC)c1. The number of nitrogens with one attached hydrogen (secondary N) is 1. The molecule has 2 N–H and O–H groups in total. The van der Waals surface area contributed by atoms with Crippen LogP contribution in [0.15, 0.2) is 42.5 Å². The number of aliphatic hydroxyl groups excluding tert-OH is 1. The number of hydrogen-bond donors (Lipinski definition) is 2. The van der Waals surface area contributed by atoms with Crippen LogP contribution in [0.1, 0.15) is 28.9 Å². The van der Waals surface area contributed by atoms with E-state index >= 15 is 0 Å². The molecule has 2 aromatic rings. The first-order valence-corrected chi connectivity index (χ1v) is 6.86. The van der Waals surface area contributed by atoms with E-state index in [1.54, 1.807) is 56.5 Å². The predicted octanol–water partition coefficient (Wildman–Crippen LogP) is 3.01. The Kier molecular flexibility index (Phi) is 5.01. The lowest BCUT2D eigenvalue weighted by Gasteiger charge is -2.13. The van der Waals surface area contributed by atoms with E-state index in [9.17, 15) is 9.90 Å². The normalized spacial score (nSPS) is 11.6. The lowest BCUT2D eigenvalue weighted by atomic mass is 10.1. The molecular weight excluding hydrogens is 282 g/mol. The van der Waals surface area contributed by atoms with E-state index in [4.69, 9.17) is 9.47 Å². The summed E-state index contributed by atoms with van der Waals surface area (Å²) in [5.41, 5.74) is 1.68. The van der Waals surface area contributed by atoms with Crippen molar-refractivity contribution < 1.29 is 19.4 Å². The number of ether oxygens (including phenoxy) is 2. The molecule has 0 aliphatic rings. The topological polar surface area (TPSA) is 67.8 Å². The average Bonchev–Trinajstić information content (AvgIpc) is 2.54. The Morgan fingerprint density at radius 3 is 2.55 bits per heavy atom. The van der Waals surface area contributed by atoms with Gasteiger partial charge in [-0.1, -0.05) is 12.1 Å². The van der Waals surface area contributed by atoms with Gasteiger partial charge in [0.25, 0.3) is 5.91 Å². The molecule has 0 saturated heterocycles. The average molecular weight is 301 g/mol. The third kappa shape index (κ3) is 3.56. The predicted molar refractivity (Wildman–Crippen MR) is 84.6 cm³/mol. The van der Waals surface area contributed by atoms with Crippen molar-refractivity contribution in [3.8, 4) is 11.5 Å². The molecule has 0 heterocycles. The number of carbonyl (C=O) groups is 1. The number of aliphatic hydroxyl groups is 1. The quantitative estimate of drug-likeness (QED) is 0.891. The van der Waals surface area contributed by atoms with Gasteiger partial charge in [0.2, 0.25) is 0 Å². The molecule has 0 fully saturated rings. The zero-order chi connectivity index (χ0) is 16.1. The minimum Gasteiger partial charge on any atom is -0.497 e. The lowest BCUT2D eigenvalue weighted by molar-refractivity contribution is 0.102. The lowest BCUT2D eigenvalue weighted by Crippen LogP contribution is -2.13. The molecule has 2 aromatic carbocycles. The molecule has 5 heteroatoms. The van der Waals surface area contributed by atoms with Gasteiger partial charge in [-0.25, -0.2) is 0 Å². The first kappa shape index (κ1) is 15.9. The fourth-order valence-electron chi connectivity index (χ4n) is 2.04. The number of methoxy groups -OCH3 is 2. The summed E-state index contributed by atoms with van der Waals surface area (Å²) in [4.78, 5) is 12.3. The highest BCUT2D eigenvalue weighted by atomic mass is 16.5. The Morgan fingerprint density at radius 1 is 1.14 bits per heavy atom. The number of rotatable bonds is 5. The molecule has 0 aliphatic carbocycles. The van der Waals surface area contributed by atoms with Crippen molar-refractivity contribution >= 4 is 11.6 Å². The van der Waals surface area contributed by atoms with E-state index in [0.717, 1.165) is 0 Å². The maximum absolute atomic E-state index is 12.3. The monoisotopic (exact) mass is 301 g/mol. The van der Waals surface area contributed by atoms with E-state index < -0.39 is 6.10 Å². The van der Waals surface area contributed by atoms with Crippen molar-refractivity contribution in [2.75, 3.05) is 19.5 Å². The Hall–Kier alpha value is -2.53. The summed E-state index contributed by atoms with van der Waals surface area (Å²) in [6, 6.07) is 12.0. The second-order valence-electron chi connectivity index (χ2n) is 4.82. The van der Waals surface area contributed by atoms with Crippen molar-refractivity contribution in [2.45, 2.75) is 13.0 Å². The van der Waals surface area contributed by atoms with Gasteiger partial charge in [-0.05, 0) is 42.8 Å². The summed E-state index contributed by atoms with van der Waals surface area (Å²) in [5.74, 6) is 0.859. The molecule has 0 radical (unpaired) electrons. The Labute approximate surface area is 129 Å². The van der Waals surface area contributed by atoms with E-state index in [2.05, 4.69) is 5.32 Å². The van der Waals surface area contributed by atoms with Gasteiger partial charge in [0, 0.05) is 5.56 Å². The molecule has 2 rings (SSSR count). The Morgan fingerprint density at radius 2 is 1.91 bits per heavy atom. The molecule has 0 unspecified atom stereocenters. The minimum atomic E-state index is -0.627. The van der Waals surface area contributed by atoms with Crippen molar-refractivity contribution in [2.24, 2.45) is 0 Å². The second kappa shape index (κ2) is 6.95. The summed E-state index contributed by atoms with van der Waals surface area (Å²) in [5, 5.41) is 12.5. The van der Waals surface area contributed by atoms with Gasteiger partial charge in [0.15, 0.2) is 0 Å². The molecule has 5 nitrogen and oxygen atoms in total. The highest BCUT2D eigenvalue weighted by Crippen LogP contribution is 2.28.